The summed E-state index contributed by atoms with van der Waals surface area (Å²) in [5.74, 6) is 0.636. The molecule has 0 aromatic carbocycles. The van der Waals surface area contributed by atoms with Crippen molar-refractivity contribution in [1.29, 1.82) is 0 Å². The van der Waals surface area contributed by atoms with E-state index < -0.39 is 0 Å². The lowest BCUT2D eigenvalue weighted by atomic mass is 10.2. The monoisotopic (exact) mass is 268 g/mol. The largest absolute Gasteiger partial charge is 0.350 e. The van der Waals surface area contributed by atoms with Gasteiger partial charge in [-0.2, -0.15) is 0 Å². The van der Waals surface area contributed by atoms with E-state index in [2.05, 4.69) is 26.2 Å². The van der Waals surface area contributed by atoms with Gasteiger partial charge < -0.3 is 5.32 Å². The third kappa shape index (κ3) is 2.78. The van der Waals surface area contributed by atoms with Crippen molar-refractivity contribution in [2.45, 2.75) is 19.8 Å². The van der Waals surface area contributed by atoms with E-state index in [1.165, 1.54) is 12.8 Å². The van der Waals surface area contributed by atoms with Gasteiger partial charge in [0, 0.05) is 17.2 Å². The molecule has 0 unspecified atom stereocenters. The standard InChI is InChI=1S/C11H13BrN2O/c1-7-4-9(12)6-13-10(7)11(15)14-5-8-2-3-8/h4,6,8H,2-3,5H2,1H3,(H,14,15). The number of carbonyl (C=O) groups is 1. The number of pyridine rings is 1. The Balaban J connectivity index is 2.03. The smallest absolute Gasteiger partial charge is 0.270 e. The van der Waals surface area contributed by atoms with E-state index >= 15 is 0 Å². The van der Waals surface area contributed by atoms with E-state index in [0.29, 0.717) is 11.6 Å². The van der Waals surface area contributed by atoms with Gasteiger partial charge >= 0.3 is 0 Å². The van der Waals surface area contributed by atoms with Crippen LogP contribution in [-0.2, 0) is 0 Å². The second-order valence-corrected chi connectivity index (χ2v) is 4.89. The lowest BCUT2D eigenvalue weighted by Crippen LogP contribution is -2.27. The van der Waals surface area contributed by atoms with Crippen LogP contribution in [0.3, 0.4) is 0 Å². The van der Waals surface area contributed by atoms with Crippen molar-refractivity contribution >= 4 is 21.8 Å². The predicted octanol–water partition coefficient (Wildman–Crippen LogP) is 2.29. The molecule has 0 atom stereocenters. The lowest BCUT2D eigenvalue weighted by molar-refractivity contribution is 0.0946. The third-order valence-electron chi connectivity index (χ3n) is 2.51. The molecular formula is C11H13BrN2O. The molecule has 1 heterocycles. The zero-order chi connectivity index (χ0) is 10.8. The van der Waals surface area contributed by atoms with Gasteiger partial charge in [0.25, 0.3) is 5.91 Å². The van der Waals surface area contributed by atoms with Gasteiger partial charge in [-0.1, -0.05) is 0 Å². The molecule has 0 saturated heterocycles. The number of aromatic nitrogens is 1. The first-order valence-corrected chi connectivity index (χ1v) is 5.86. The molecule has 1 aromatic heterocycles. The van der Waals surface area contributed by atoms with Gasteiger partial charge in [-0.15, -0.1) is 0 Å². The van der Waals surface area contributed by atoms with E-state index in [4.69, 9.17) is 0 Å². The Bertz CT molecular complexity index is 388. The number of aryl methyl sites for hydroxylation is 1. The Morgan fingerprint density at radius 2 is 2.40 bits per heavy atom. The summed E-state index contributed by atoms with van der Waals surface area (Å²) < 4.78 is 0.902. The van der Waals surface area contributed by atoms with E-state index in [0.717, 1.165) is 16.6 Å². The molecule has 0 spiro atoms. The van der Waals surface area contributed by atoms with Crippen molar-refractivity contribution in [1.82, 2.24) is 10.3 Å². The van der Waals surface area contributed by atoms with Crippen molar-refractivity contribution in [2.24, 2.45) is 5.92 Å². The molecule has 1 aliphatic rings. The highest BCUT2D eigenvalue weighted by Crippen LogP contribution is 2.27. The van der Waals surface area contributed by atoms with Crippen LogP contribution < -0.4 is 5.32 Å². The number of halogens is 1. The average molecular weight is 269 g/mol. The Labute approximate surface area is 97.4 Å². The predicted molar refractivity (Wildman–Crippen MR) is 61.7 cm³/mol. The van der Waals surface area contributed by atoms with E-state index in [9.17, 15) is 4.79 Å². The number of nitrogens with zero attached hydrogens (tertiary/aromatic N) is 1. The molecule has 0 radical (unpaired) electrons. The molecular weight excluding hydrogens is 256 g/mol. The second kappa shape index (κ2) is 4.31. The highest BCUT2D eigenvalue weighted by atomic mass is 79.9. The van der Waals surface area contributed by atoms with Crippen LogP contribution in [0, 0.1) is 12.8 Å². The molecule has 15 heavy (non-hydrogen) atoms. The van der Waals surface area contributed by atoms with Crippen LogP contribution in [0.2, 0.25) is 0 Å². The van der Waals surface area contributed by atoms with Gasteiger partial charge in [0.2, 0.25) is 0 Å². The quantitative estimate of drug-likeness (QED) is 0.914. The van der Waals surface area contributed by atoms with E-state index in [1.807, 2.05) is 13.0 Å². The number of amides is 1. The Hall–Kier alpha value is -0.900. The summed E-state index contributed by atoms with van der Waals surface area (Å²) in [5.41, 5.74) is 1.43. The van der Waals surface area contributed by atoms with Crippen LogP contribution >= 0.6 is 15.9 Å². The van der Waals surface area contributed by atoms with Gasteiger partial charge in [0.05, 0.1) is 0 Å². The van der Waals surface area contributed by atoms with Crippen LogP contribution in [0.1, 0.15) is 28.9 Å². The molecule has 3 nitrogen and oxygen atoms in total. The van der Waals surface area contributed by atoms with Crippen LogP contribution in [0.5, 0.6) is 0 Å². The molecule has 1 saturated carbocycles. The van der Waals surface area contributed by atoms with Crippen molar-refractivity contribution < 1.29 is 4.79 Å². The number of hydrogen-bond donors (Lipinski definition) is 1. The number of nitrogens with one attached hydrogen (secondary N) is 1. The van der Waals surface area contributed by atoms with Crippen LogP contribution in [0.15, 0.2) is 16.7 Å². The summed E-state index contributed by atoms with van der Waals surface area (Å²) in [4.78, 5) is 15.8. The first-order valence-electron chi connectivity index (χ1n) is 5.07. The average Bonchev–Trinajstić information content (AvgIpc) is 2.97. The summed E-state index contributed by atoms with van der Waals surface area (Å²) in [6.07, 6.45) is 4.14. The van der Waals surface area contributed by atoms with E-state index in [-0.39, 0.29) is 5.91 Å². The van der Waals surface area contributed by atoms with Crippen LogP contribution in [-0.4, -0.2) is 17.4 Å². The van der Waals surface area contributed by atoms with Gasteiger partial charge in [0.15, 0.2) is 0 Å². The Kier molecular flexibility index (Phi) is 3.05. The Morgan fingerprint density at radius 1 is 1.67 bits per heavy atom. The topological polar surface area (TPSA) is 42.0 Å². The number of rotatable bonds is 3. The maximum atomic E-state index is 11.7. The highest BCUT2D eigenvalue weighted by Gasteiger charge is 2.22. The molecule has 80 valence electrons. The molecule has 2 rings (SSSR count). The molecule has 0 bridgehead atoms. The van der Waals surface area contributed by atoms with E-state index in [1.54, 1.807) is 6.20 Å². The zero-order valence-corrected chi connectivity index (χ0v) is 10.2. The van der Waals surface area contributed by atoms with Crippen molar-refractivity contribution in [2.75, 3.05) is 6.54 Å². The normalized spacial score (nSPS) is 15.1. The van der Waals surface area contributed by atoms with Crippen molar-refractivity contribution in [3.63, 3.8) is 0 Å². The van der Waals surface area contributed by atoms with Crippen molar-refractivity contribution in [3.05, 3.63) is 28.0 Å². The minimum Gasteiger partial charge on any atom is -0.350 e. The van der Waals surface area contributed by atoms with Crippen LogP contribution in [0.4, 0.5) is 0 Å². The fourth-order valence-electron chi connectivity index (χ4n) is 1.42. The fourth-order valence-corrected chi connectivity index (χ4v) is 1.87. The molecule has 0 aliphatic heterocycles. The van der Waals surface area contributed by atoms with Crippen molar-refractivity contribution in [3.8, 4) is 0 Å². The van der Waals surface area contributed by atoms with Gasteiger partial charge in [-0.05, 0) is 53.2 Å². The summed E-state index contributed by atoms with van der Waals surface area (Å²) >= 11 is 3.32. The molecule has 1 N–H and O–H groups in total. The molecule has 1 aliphatic carbocycles. The SMILES string of the molecule is Cc1cc(Br)cnc1C(=O)NCC1CC1. The minimum atomic E-state index is -0.0631. The van der Waals surface area contributed by atoms with Gasteiger partial charge in [-0.3, -0.25) is 4.79 Å². The fraction of sp³-hybridized carbons (Fsp3) is 0.455. The zero-order valence-electron chi connectivity index (χ0n) is 8.59. The second-order valence-electron chi connectivity index (χ2n) is 3.97. The highest BCUT2D eigenvalue weighted by molar-refractivity contribution is 9.10. The van der Waals surface area contributed by atoms with Gasteiger partial charge in [-0.25, -0.2) is 4.98 Å². The summed E-state index contributed by atoms with van der Waals surface area (Å²) in [5, 5.41) is 2.90. The number of carbonyl (C=O) groups excluding carboxylic acids is 1. The summed E-state index contributed by atoms with van der Waals surface area (Å²) in [6.45, 7) is 2.68. The number of hydrogen-bond acceptors (Lipinski definition) is 2. The maximum absolute atomic E-state index is 11.7. The Morgan fingerprint density at radius 3 is 3.00 bits per heavy atom. The molecule has 1 amide bonds. The first kappa shape index (κ1) is 10.6. The van der Waals surface area contributed by atoms with Gasteiger partial charge in [0.1, 0.15) is 5.69 Å². The molecule has 1 aromatic rings. The summed E-state index contributed by atoms with van der Waals surface area (Å²) in [6, 6.07) is 1.90. The minimum absolute atomic E-state index is 0.0631. The first-order chi connectivity index (χ1) is 7.16. The maximum Gasteiger partial charge on any atom is 0.270 e. The lowest BCUT2D eigenvalue weighted by Gasteiger charge is -2.06. The molecule has 4 heteroatoms. The molecule has 1 fully saturated rings. The third-order valence-corrected chi connectivity index (χ3v) is 2.94. The van der Waals surface area contributed by atoms with Crippen LogP contribution in [0.25, 0.3) is 0 Å². The summed E-state index contributed by atoms with van der Waals surface area (Å²) in [7, 11) is 0.